The zero-order chi connectivity index (χ0) is 17.4. The predicted octanol–water partition coefficient (Wildman–Crippen LogP) is 1.94. The van der Waals surface area contributed by atoms with Crippen molar-refractivity contribution in [2.24, 2.45) is 5.10 Å². The van der Waals surface area contributed by atoms with Crippen molar-refractivity contribution >= 4 is 12.1 Å². The zero-order valence-electron chi connectivity index (χ0n) is 13.4. The second kappa shape index (κ2) is 8.42. The number of hydrogen-bond acceptors (Lipinski definition) is 6. The van der Waals surface area contributed by atoms with Crippen LogP contribution >= 0.6 is 0 Å². The van der Waals surface area contributed by atoms with Gasteiger partial charge in [-0.25, -0.2) is 5.43 Å². The van der Waals surface area contributed by atoms with E-state index in [9.17, 15) is 9.90 Å². The van der Waals surface area contributed by atoms with E-state index in [4.69, 9.17) is 14.2 Å². The number of rotatable bonds is 7. The minimum Gasteiger partial charge on any atom is -0.504 e. The van der Waals surface area contributed by atoms with Crippen molar-refractivity contribution in [1.29, 1.82) is 0 Å². The first-order chi connectivity index (χ1) is 11.6. The summed E-state index contributed by atoms with van der Waals surface area (Å²) in [5, 5.41) is 13.7. The highest BCUT2D eigenvalue weighted by molar-refractivity contribution is 5.86. The number of carbonyl (C=O) groups excluding carboxylic acids is 1. The molecule has 0 atom stereocenters. The fourth-order valence-electron chi connectivity index (χ4n) is 1.84. The lowest BCUT2D eigenvalue weighted by Gasteiger charge is -2.06. The molecule has 2 aromatic rings. The van der Waals surface area contributed by atoms with Crippen molar-refractivity contribution in [3.63, 3.8) is 0 Å². The van der Waals surface area contributed by atoms with E-state index < -0.39 is 5.91 Å². The molecule has 0 aromatic heterocycles. The maximum absolute atomic E-state index is 11.7. The highest BCUT2D eigenvalue weighted by Crippen LogP contribution is 2.27. The van der Waals surface area contributed by atoms with Crippen LogP contribution in [0.25, 0.3) is 0 Å². The lowest BCUT2D eigenvalue weighted by atomic mass is 10.2. The van der Waals surface area contributed by atoms with E-state index in [-0.39, 0.29) is 12.4 Å². The summed E-state index contributed by atoms with van der Waals surface area (Å²) in [7, 11) is 3.02. The van der Waals surface area contributed by atoms with Crippen molar-refractivity contribution in [2.45, 2.75) is 0 Å². The summed E-state index contributed by atoms with van der Waals surface area (Å²) < 4.78 is 15.3. The molecule has 0 aliphatic rings. The van der Waals surface area contributed by atoms with Crippen LogP contribution in [0.2, 0.25) is 0 Å². The molecular weight excluding hydrogens is 312 g/mol. The molecule has 126 valence electrons. The van der Waals surface area contributed by atoms with Gasteiger partial charge < -0.3 is 19.3 Å². The molecule has 0 bridgehead atoms. The van der Waals surface area contributed by atoms with Crippen molar-refractivity contribution < 1.29 is 24.1 Å². The fraction of sp³-hybridized carbons (Fsp3) is 0.176. The Bertz CT molecular complexity index is 713. The molecule has 0 radical (unpaired) electrons. The van der Waals surface area contributed by atoms with E-state index in [1.807, 2.05) is 0 Å². The molecule has 0 saturated carbocycles. The van der Waals surface area contributed by atoms with E-state index in [0.29, 0.717) is 22.8 Å². The molecule has 1 amide bonds. The minimum atomic E-state index is -0.426. The lowest BCUT2D eigenvalue weighted by Crippen LogP contribution is -2.24. The standard InChI is InChI=1S/C17H18N2O5/c1-22-13-6-8-14(9-7-13)24-11-16(20)19-18-10-12-4-3-5-15(23-2)17(12)21/h3-10,21H,11H2,1-2H3,(H,19,20). The largest absolute Gasteiger partial charge is 0.504 e. The normalized spacial score (nSPS) is 10.4. The fourth-order valence-corrected chi connectivity index (χ4v) is 1.84. The molecule has 2 rings (SSSR count). The number of ether oxygens (including phenoxy) is 3. The lowest BCUT2D eigenvalue weighted by molar-refractivity contribution is -0.123. The van der Waals surface area contributed by atoms with Gasteiger partial charge in [0, 0.05) is 5.56 Å². The van der Waals surface area contributed by atoms with Crippen LogP contribution in [0.5, 0.6) is 23.0 Å². The van der Waals surface area contributed by atoms with Crippen molar-refractivity contribution in [2.75, 3.05) is 20.8 Å². The Morgan fingerprint density at radius 1 is 1.12 bits per heavy atom. The van der Waals surface area contributed by atoms with Gasteiger partial charge >= 0.3 is 0 Å². The summed E-state index contributed by atoms with van der Waals surface area (Å²) in [5.41, 5.74) is 2.74. The number of benzene rings is 2. The van der Waals surface area contributed by atoms with Gasteiger partial charge in [-0.15, -0.1) is 0 Å². The number of phenolic OH excluding ortho intramolecular Hbond substituents is 1. The molecular formula is C17H18N2O5. The molecule has 7 nitrogen and oxygen atoms in total. The van der Waals surface area contributed by atoms with Gasteiger partial charge in [-0.2, -0.15) is 5.10 Å². The molecule has 24 heavy (non-hydrogen) atoms. The molecule has 2 N–H and O–H groups in total. The van der Waals surface area contributed by atoms with Crippen LogP contribution in [0.3, 0.4) is 0 Å². The number of carbonyl (C=O) groups is 1. The van der Waals surface area contributed by atoms with Crippen LogP contribution < -0.4 is 19.6 Å². The van der Waals surface area contributed by atoms with Crippen LogP contribution in [0.4, 0.5) is 0 Å². The topological polar surface area (TPSA) is 89.4 Å². The number of hydrogen-bond donors (Lipinski definition) is 2. The summed E-state index contributed by atoms with van der Waals surface area (Å²) in [6, 6.07) is 11.8. The van der Waals surface area contributed by atoms with Crippen LogP contribution in [0.15, 0.2) is 47.6 Å². The summed E-state index contributed by atoms with van der Waals surface area (Å²) in [6.45, 7) is -0.187. The van der Waals surface area contributed by atoms with Gasteiger partial charge in [-0.1, -0.05) is 6.07 Å². The number of nitrogens with zero attached hydrogens (tertiary/aromatic N) is 1. The third kappa shape index (κ3) is 4.64. The van der Waals surface area contributed by atoms with E-state index >= 15 is 0 Å². The van der Waals surface area contributed by atoms with Crippen LogP contribution in [-0.4, -0.2) is 38.1 Å². The average Bonchev–Trinajstić information content (AvgIpc) is 2.62. The van der Waals surface area contributed by atoms with Crippen molar-refractivity contribution in [3.8, 4) is 23.0 Å². The molecule has 7 heteroatoms. The Balaban J connectivity index is 1.84. The first kappa shape index (κ1) is 17.1. The molecule has 0 heterocycles. The van der Waals surface area contributed by atoms with E-state index in [2.05, 4.69) is 10.5 Å². The summed E-state index contributed by atoms with van der Waals surface area (Å²) >= 11 is 0. The summed E-state index contributed by atoms with van der Waals surface area (Å²) in [6.07, 6.45) is 1.32. The van der Waals surface area contributed by atoms with Crippen LogP contribution in [0.1, 0.15) is 5.56 Å². The van der Waals surface area contributed by atoms with Gasteiger partial charge in [0.15, 0.2) is 18.1 Å². The first-order valence-corrected chi connectivity index (χ1v) is 7.08. The van der Waals surface area contributed by atoms with Crippen molar-refractivity contribution in [1.82, 2.24) is 5.43 Å². The first-order valence-electron chi connectivity index (χ1n) is 7.08. The average molecular weight is 330 g/mol. The summed E-state index contributed by atoms with van der Waals surface area (Å²) in [4.78, 5) is 11.7. The number of methoxy groups -OCH3 is 2. The van der Waals surface area contributed by atoms with Crippen LogP contribution in [0, 0.1) is 0 Å². The molecule has 0 fully saturated rings. The number of para-hydroxylation sites is 1. The summed E-state index contributed by atoms with van der Waals surface area (Å²) in [5.74, 6) is 1.10. The van der Waals surface area contributed by atoms with Gasteiger partial charge in [0.05, 0.1) is 20.4 Å². The third-order valence-electron chi connectivity index (χ3n) is 3.07. The monoisotopic (exact) mass is 330 g/mol. The highest BCUT2D eigenvalue weighted by atomic mass is 16.5. The number of phenols is 1. The van der Waals surface area contributed by atoms with E-state index in [1.54, 1.807) is 49.6 Å². The van der Waals surface area contributed by atoms with Gasteiger partial charge in [0.1, 0.15) is 11.5 Å². The zero-order valence-corrected chi connectivity index (χ0v) is 13.4. The maximum atomic E-state index is 11.7. The number of aromatic hydroxyl groups is 1. The van der Waals surface area contributed by atoms with E-state index in [0.717, 1.165) is 0 Å². The number of nitrogens with one attached hydrogen (secondary N) is 1. The second-order valence-corrected chi connectivity index (χ2v) is 4.66. The SMILES string of the molecule is COc1ccc(OCC(=O)NN=Cc2cccc(OC)c2O)cc1. The second-order valence-electron chi connectivity index (χ2n) is 4.66. The number of amides is 1. The Morgan fingerprint density at radius 3 is 2.50 bits per heavy atom. The quantitative estimate of drug-likeness (QED) is 0.598. The molecule has 0 aliphatic carbocycles. The minimum absolute atomic E-state index is 0.0486. The Labute approximate surface area is 139 Å². The van der Waals surface area contributed by atoms with Gasteiger partial charge in [-0.05, 0) is 36.4 Å². The number of hydrazone groups is 1. The maximum Gasteiger partial charge on any atom is 0.277 e. The van der Waals surface area contributed by atoms with Gasteiger partial charge in [-0.3, -0.25) is 4.79 Å². The molecule has 0 aliphatic heterocycles. The molecule has 0 spiro atoms. The molecule has 0 unspecified atom stereocenters. The van der Waals surface area contributed by atoms with E-state index in [1.165, 1.54) is 13.3 Å². The Morgan fingerprint density at radius 2 is 1.83 bits per heavy atom. The highest BCUT2D eigenvalue weighted by Gasteiger charge is 2.05. The Hall–Kier alpha value is -3.22. The molecule has 2 aromatic carbocycles. The van der Waals surface area contributed by atoms with Gasteiger partial charge in [0.25, 0.3) is 5.91 Å². The third-order valence-corrected chi connectivity index (χ3v) is 3.07. The smallest absolute Gasteiger partial charge is 0.277 e. The molecule has 0 saturated heterocycles. The predicted molar refractivity (Wildman–Crippen MR) is 88.9 cm³/mol. The van der Waals surface area contributed by atoms with Crippen molar-refractivity contribution in [3.05, 3.63) is 48.0 Å². The Kier molecular flexibility index (Phi) is 6.01. The van der Waals surface area contributed by atoms with Crippen LogP contribution in [-0.2, 0) is 4.79 Å². The van der Waals surface area contributed by atoms with Gasteiger partial charge in [0.2, 0.25) is 0 Å².